The summed E-state index contributed by atoms with van der Waals surface area (Å²) in [6.07, 6.45) is 1.37. The highest BCUT2D eigenvalue weighted by molar-refractivity contribution is 5.93. The normalized spacial score (nSPS) is 16.8. The first kappa shape index (κ1) is 16.6. The van der Waals surface area contributed by atoms with Gasteiger partial charge >= 0.3 is 0 Å². The number of hydrogen-bond acceptors (Lipinski definition) is 7. The quantitative estimate of drug-likeness (QED) is 0.651. The number of carbonyl (C=O) groups excluding carboxylic acids is 2. The summed E-state index contributed by atoms with van der Waals surface area (Å²) in [5.41, 5.74) is -0.438. The van der Waals surface area contributed by atoms with E-state index in [0.29, 0.717) is 29.9 Å². The van der Waals surface area contributed by atoms with Crippen molar-refractivity contribution in [1.29, 1.82) is 0 Å². The Morgan fingerprint density at radius 1 is 1.40 bits per heavy atom. The summed E-state index contributed by atoms with van der Waals surface area (Å²) < 4.78 is 5.40. The largest absolute Gasteiger partial charge is 0.503 e. The van der Waals surface area contributed by atoms with Crippen molar-refractivity contribution in [2.24, 2.45) is 0 Å². The van der Waals surface area contributed by atoms with Gasteiger partial charge in [0.05, 0.1) is 11.9 Å². The SMILES string of the molecule is CNC(=O)c1cc(C2CCN(C(=O)c3cc(=O)c(O)cn3O)C2)no1. The lowest BCUT2D eigenvalue weighted by molar-refractivity contribution is 0.0733. The van der Waals surface area contributed by atoms with Crippen molar-refractivity contribution < 1.29 is 24.4 Å². The maximum atomic E-state index is 12.5. The first-order valence-electron chi connectivity index (χ1n) is 7.53. The average molecular weight is 348 g/mol. The van der Waals surface area contributed by atoms with Gasteiger partial charge in [0.1, 0.15) is 5.69 Å². The smallest absolute Gasteiger partial charge is 0.289 e. The minimum atomic E-state index is -0.754. The van der Waals surface area contributed by atoms with Crippen LogP contribution in [0.2, 0.25) is 0 Å². The molecule has 0 radical (unpaired) electrons. The number of aromatic nitrogens is 2. The van der Waals surface area contributed by atoms with Crippen LogP contribution < -0.4 is 10.7 Å². The van der Waals surface area contributed by atoms with Crippen LogP contribution in [-0.4, -0.2) is 57.1 Å². The standard InChI is InChI=1S/C15H16N4O6/c1-16-14(22)13-4-9(17-25-13)8-2-3-18(6-8)15(23)10-5-11(20)12(21)7-19(10)24/h4-5,7-8,21,24H,2-3,6H2,1H3,(H,16,22). The Morgan fingerprint density at radius 3 is 2.88 bits per heavy atom. The second kappa shape index (κ2) is 6.30. The van der Waals surface area contributed by atoms with Gasteiger partial charge in [-0.05, 0) is 6.42 Å². The van der Waals surface area contributed by atoms with Gasteiger partial charge in [-0.3, -0.25) is 14.4 Å². The fourth-order valence-electron chi connectivity index (χ4n) is 2.73. The van der Waals surface area contributed by atoms with Gasteiger partial charge in [0.15, 0.2) is 5.75 Å². The van der Waals surface area contributed by atoms with E-state index in [9.17, 15) is 24.7 Å². The lowest BCUT2D eigenvalue weighted by Gasteiger charge is -2.17. The zero-order valence-corrected chi connectivity index (χ0v) is 13.3. The van der Waals surface area contributed by atoms with Gasteiger partial charge in [0.2, 0.25) is 11.2 Å². The van der Waals surface area contributed by atoms with Crippen LogP contribution in [0.4, 0.5) is 0 Å². The van der Waals surface area contributed by atoms with E-state index in [4.69, 9.17) is 4.52 Å². The Kier molecular flexibility index (Phi) is 4.17. The van der Waals surface area contributed by atoms with Crippen LogP contribution in [0.3, 0.4) is 0 Å². The number of nitrogens with one attached hydrogen (secondary N) is 1. The summed E-state index contributed by atoms with van der Waals surface area (Å²) in [5, 5.41) is 25.3. The second-order valence-corrected chi connectivity index (χ2v) is 5.68. The van der Waals surface area contributed by atoms with Crippen LogP contribution >= 0.6 is 0 Å². The summed E-state index contributed by atoms with van der Waals surface area (Å²) >= 11 is 0. The summed E-state index contributed by atoms with van der Waals surface area (Å²) in [7, 11) is 1.48. The summed E-state index contributed by atoms with van der Waals surface area (Å²) in [6, 6.07) is 2.41. The monoisotopic (exact) mass is 348 g/mol. The molecular formula is C15H16N4O6. The van der Waals surface area contributed by atoms with Gasteiger partial charge in [-0.2, -0.15) is 4.73 Å². The van der Waals surface area contributed by atoms with Gasteiger partial charge in [-0.15, -0.1) is 0 Å². The number of amides is 2. The molecule has 10 nitrogen and oxygen atoms in total. The van der Waals surface area contributed by atoms with Crippen molar-refractivity contribution in [3.05, 3.63) is 45.7 Å². The summed E-state index contributed by atoms with van der Waals surface area (Å²) in [4.78, 5) is 36.9. The maximum Gasteiger partial charge on any atom is 0.289 e. The van der Waals surface area contributed by atoms with Crippen molar-refractivity contribution in [1.82, 2.24) is 20.1 Å². The van der Waals surface area contributed by atoms with Gasteiger partial charge < -0.3 is 25.1 Å². The summed E-state index contributed by atoms with van der Waals surface area (Å²) in [5.74, 6) is -1.62. The Morgan fingerprint density at radius 2 is 2.16 bits per heavy atom. The molecule has 0 aliphatic carbocycles. The molecule has 0 bridgehead atoms. The first-order chi connectivity index (χ1) is 11.9. The molecule has 3 N–H and O–H groups in total. The molecule has 1 aliphatic rings. The van der Waals surface area contributed by atoms with E-state index in [1.165, 1.54) is 18.0 Å². The van der Waals surface area contributed by atoms with Crippen LogP contribution in [0.15, 0.2) is 27.6 Å². The maximum absolute atomic E-state index is 12.5. The molecule has 3 rings (SSSR count). The number of likely N-dealkylation sites (tertiary alicyclic amines) is 1. The number of carbonyl (C=O) groups is 2. The second-order valence-electron chi connectivity index (χ2n) is 5.68. The number of pyridine rings is 1. The molecule has 0 aromatic carbocycles. The lowest BCUT2D eigenvalue weighted by Crippen LogP contribution is -2.31. The highest BCUT2D eigenvalue weighted by Gasteiger charge is 2.32. The van der Waals surface area contributed by atoms with Crippen molar-refractivity contribution in [3.8, 4) is 5.75 Å². The number of aromatic hydroxyl groups is 1. The fraction of sp³-hybridized carbons (Fsp3) is 0.333. The molecule has 10 heteroatoms. The van der Waals surface area contributed by atoms with Crippen LogP contribution in [0.5, 0.6) is 5.75 Å². The molecule has 1 saturated heterocycles. The highest BCUT2D eigenvalue weighted by atomic mass is 16.5. The molecule has 25 heavy (non-hydrogen) atoms. The van der Waals surface area contributed by atoms with E-state index in [2.05, 4.69) is 10.5 Å². The molecule has 1 atom stereocenters. The van der Waals surface area contributed by atoms with Crippen molar-refractivity contribution in [3.63, 3.8) is 0 Å². The molecule has 2 amide bonds. The Labute approximate surface area is 141 Å². The van der Waals surface area contributed by atoms with Crippen molar-refractivity contribution >= 4 is 11.8 Å². The van der Waals surface area contributed by atoms with E-state index >= 15 is 0 Å². The number of hydrogen-bond donors (Lipinski definition) is 3. The van der Waals surface area contributed by atoms with Gasteiger partial charge in [-0.25, -0.2) is 0 Å². The van der Waals surface area contributed by atoms with E-state index in [1.54, 1.807) is 0 Å². The third kappa shape index (κ3) is 3.05. The van der Waals surface area contributed by atoms with E-state index in [0.717, 1.165) is 12.3 Å². The predicted molar refractivity (Wildman–Crippen MR) is 82.7 cm³/mol. The minimum Gasteiger partial charge on any atom is -0.503 e. The Balaban J connectivity index is 1.75. The summed E-state index contributed by atoms with van der Waals surface area (Å²) in [6.45, 7) is 0.689. The Hall–Kier alpha value is -3.30. The van der Waals surface area contributed by atoms with Crippen LogP contribution in [0.25, 0.3) is 0 Å². The molecule has 3 heterocycles. The molecule has 0 saturated carbocycles. The third-order valence-corrected chi connectivity index (χ3v) is 4.10. The zero-order valence-electron chi connectivity index (χ0n) is 13.3. The van der Waals surface area contributed by atoms with Crippen molar-refractivity contribution in [2.75, 3.05) is 20.1 Å². The molecule has 0 spiro atoms. The zero-order chi connectivity index (χ0) is 18.1. The molecule has 132 valence electrons. The number of nitrogens with zero attached hydrogens (tertiary/aromatic N) is 3. The van der Waals surface area contributed by atoms with E-state index in [-0.39, 0.29) is 17.4 Å². The fourth-order valence-corrected chi connectivity index (χ4v) is 2.73. The molecule has 1 aliphatic heterocycles. The van der Waals surface area contributed by atoms with Crippen LogP contribution in [0.1, 0.15) is 39.1 Å². The number of rotatable bonds is 3. The topological polar surface area (TPSA) is 138 Å². The molecule has 1 fully saturated rings. The first-order valence-corrected chi connectivity index (χ1v) is 7.53. The van der Waals surface area contributed by atoms with Gasteiger partial charge in [-0.1, -0.05) is 5.16 Å². The molecular weight excluding hydrogens is 332 g/mol. The van der Waals surface area contributed by atoms with Crippen LogP contribution in [-0.2, 0) is 0 Å². The highest BCUT2D eigenvalue weighted by Crippen LogP contribution is 2.27. The van der Waals surface area contributed by atoms with Gasteiger partial charge in [0, 0.05) is 38.2 Å². The predicted octanol–water partition coefficient (Wildman–Crippen LogP) is -0.232. The average Bonchev–Trinajstić information content (AvgIpc) is 3.25. The molecule has 2 aromatic rings. The Bertz CT molecular complexity index is 886. The molecule has 1 unspecified atom stereocenters. The van der Waals surface area contributed by atoms with Crippen LogP contribution in [0, 0.1) is 0 Å². The van der Waals surface area contributed by atoms with Crippen molar-refractivity contribution in [2.45, 2.75) is 12.3 Å². The molecule has 2 aromatic heterocycles. The third-order valence-electron chi connectivity index (χ3n) is 4.10. The van der Waals surface area contributed by atoms with E-state index < -0.39 is 23.0 Å². The lowest BCUT2D eigenvalue weighted by atomic mass is 10.1. The van der Waals surface area contributed by atoms with E-state index in [1.807, 2.05) is 0 Å². The minimum absolute atomic E-state index is 0.0880. The van der Waals surface area contributed by atoms with Gasteiger partial charge in [0.25, 0.3) is 11.8 Å².